The van der Waals surface area contributed by atoms with Crippen LogP contribution in [-0.2, 0) is 10.0 Å². The molecule has 0 bridgehead atoms. The number of sulfonamides is 1. The Kier molecular flexibility index (Phi) is 4.06. The average molecular weight is 319 g/mol. The molecular formula is C16H17NO2S2. The molecule has 1 N–H and O–H groups in total. The van der Waals surface area contributed by atoms with Crippen LogP contribution in [0.15, 0.2) is 58.3 Å². The van der Waals surface area contributed by atoms with Crippen molar-refractivity contribution < 1.29 is 8.42 Å². The topological polar surface area (TPSA) is 46.2 Å². The van der Waals surface area contributed by atoms with E-state index in [1.54, 1.807) is 23.9 Å². The summed E-state index contributed by atoms with van der Waals surface area (Å²) in [6.45, 7) is 1.94. The Bertz CT molecular complexity index is 739. The van der Waals surface area contributed by atoms with Gasteiger partial charge < -0.3 is 0 Å². The summed E-state index contributed by atoms with van der Waals surface area (Å²) in [4.78, 5) is 1.49. The molecule has 1 unspecified atom stereocenters. The van der Waals surface area contributed by atoms with Crippen molar-refractivity contribution in [3.8, 4) is 0 Å². The van der Waals surface area contributed by atoms with Crippen LogP contribution in [0.4, 0.5) is 0 Å². The van der Waals surface area contributed by atoms with Crippen molar-refractivity contribution in [2.24, 2.45) is 0 Å². The molecule has 5 heteroatoms. The monoisotopic (exact) mass is 319 g/mol. The maximum absolute atomic E-state index is 12.5. The molecule has 1 heterocycles. The molecule has 1 aliphatic heterocycles. The minimum absolute atomic E-state index is 0.145. The molecule has 0 fully saturated rings. The quantitative estimate of drug-likeness (QED) is 0.941. The third-order valence-corrected chi connectivity index (χ3v) is 6.20. The Morgan fingerprint density at radius 3 is 2.57 bits per heavy atom. The molecule has 0 spiro atoms. The molecule has 1 aliphatic rings. The predicted molar refractivity (Wildman–Crippen MR) is 86.0 cm³/mol. The van der Waals surface area contributed by atoms with Crippen LogP contribution in [-0.4, -0.2) is 14.2 Å². The fraction of sp³-hybridized carbons (Fsp3) is 0.250. The standard InChI is InChI=1S/C16H17NO2S2/c1-12-6-8-13(9-7-12)21(18,19)17-15-10-11-20-16-5-3-2-4-14(15)16/h2-9,15,17H,10-11H2,1H3. The predicted octanol–water partition coefficient (Wildman–Crippen LogP) is 3.51. The van der Waals surface area contributed by atoms with Gasteiger partial charge in [0.05, 0.1) is 4.90 Å². The van der Waals surface area contributed by atoms with Crippen LogP contribution in [0.3, 0.4) is 0 Å². The van der Waals surface area contributed by atoms with Crippen LogP contribution in [0.1, 0.15) is 23.6 Å². The van der Waals surface area contributed by atoms with E-state index in [2.05, 4.69) is 4.72 Å². The number of hydrogen-bond donors (Lipinski definition) is 1. The summed E-state index contributed by atoms with van der Waals surface area (Å²) in [7, 11) is -3.48. The summed E-state index contributed by atoms with van der Waals surface area (Å²) in [5.41, 5.74) is 2.12. The van der Waals surface area contributed by atoms with E-state index >= 15 is 0 Å². The van der Waals surface area contributed by atoms with Crippen LogP contribution in [0.2, 0.25) is 0 Å². The fourth-order valence-electron chi connectivity index (χ4n) is 2.44. The van der Waals surface area contributed by atoms with Gasteiger partial charge in [-0.25, -0.2) is 13.1 Å². The summed E-state index contributed by atoms with van der Waals surface area (Å²) < 4.78 is 27.9. The Hall–Kier alpha value is -1.30. The summed E-state index contributed by atoms with van der Waals surface area (Å²) >= 11 is 1.78. The van der Waals surface area contributed by atoms with Gasteiger partial charge in [-0.15, -0.1) is 11.8 Å². The molecule has 0 amide bonds. The highest BCUT2D eigenvalue weighted by Gasteiger charge is 2.25. The van der Waals surface area contributed by atoms with Crippen LogP contribution < -0.4 is 4.72 Å². The number of aryl methyl sites for hydroxylation is 1. The lowest BCUT2D eigenvalue weighted by Crippen LogP contribution is -2.30. The highest BCUT2D eigenvalue weighted by Crippen LogP contribution is 2.36. The maximum atomic E-state index is 12.5. The van der Waals surface area contributed by atoms with Gasteiger partial charge in [0, 0.05) is 10.9 Å². The largest absolute Gasteiger partial charge is 0.241 e. The van der Waals surface area contributed by atoms with Crippen molar-refractivity contribution in [1.82, 2.24) is 4.72 Å². The van der Waals surface area contributed by atoms with Crippen molar-refractivity contribution in [1.29, 1.82) is 0 Å². The zero-order chi connectivity index (χ0) is 14.9. The van der Waals surface area contributed by atoms with E-state index in [0.29, 0.717) is 4.90 Å². The molecule has 2 aromatic carbocycles. The summed E-state index contributed by atoms with van der Waals surface area (Å²) in [5.74, 6) is 0.929. The Labute approximate surface area is 129 Å². The van der Waals surface area contributed by atoms with E-state index in [9.17, 15) is 8.42 Å². The lowest BCUT2D eigenvalue weighted by molar-refractivity contribution is 0.546. The first-order chi connectivity index (χ1) is 10.1. The van der Waals surface area contributed by atoms with E-state index < -0.39 is 10.0 Å². The van der Waals surface area contributed by atoms with Gasteiger partial charge in [-0.2, -0.15) is 0 Å². The molecule has 1 atom stereocenters. The second-order valence-corrected chi connectivity index (χ2v) is 8.01. The lowest BCUT2D eigenvalue weighted by atomic mass is 10.1. The Morgan fingerprint density at radius 1 is 1.10 bits per heavy atom. The van der Waals surface area contributed by atoms with E-state index in [4.69, 9.17) is 0 Å². The minimum atomic E-state index is -3.48. The molecule has 0 aliphatic carbocycles. The first-order valence-corrected chi connectivity index (χ1v) is 9.34. The van der Waals surface area contributed by atoms with Crippen LogP contribution >= 0.6 is 11.8 Å². The van der Waals surface area contributed by atoms with E-state index in [-0.39, 0.29) is 6.04 Å². The first kappa shape index (κ1) is 14.6. The maximum Gasteiger partial charge on any atom is 0.241 e. The molecule has 0 saturated carbocycles. The molecule has 21 heavy (non-hydrogen) atoms. The summed E-state index contributed by atoms with van der Waals surface area (Å²) in [6.07, 6.45) is 0.812. The molecular weight excluding hydrogens is 302 g/mol. The van der Waals surface area contributed by atoms with Crippen LogP contribution in [0.5, 0.6) is 0 Å². The minimum Gasteiger partial charge on any atom is -0.207 e. The number of rotatable bonds is 3. The Balaban J connectivity index is 1.88. The van der Waals surface area contributed by atoms with Gasteiger partial charge in [0.2, 0.25) is 10.0 Å². The normalized spacial score (nSPS) is 18.2. The highest BCUT2D eigenvalue weighted by atomic mass is 32.2. The van der Waals surface area contributed by atoms with E-state index in [1.165, 1.54) is 4.90 Å². The van der Waals surface area contributed by atoms with Crippen molar-refractivity contribution in [2.75, 3.05) is 5.75 Å². The highest BCUT2D eigenvalue weighted by molar-refractivity contribution is 7.99. The van der Waals surface area contributed by atoms with Gasteiger partial charge in [0.15, 0.2) is 0 Å². The van der Waals surface area contributed by atoms with Gasteiger partial charge in [-0.1, -0.05) is 35.9 Å². The van der Waals surface area contributed by atoms with Crippen molar-refractivity contribution >= 4 is 21.8 Å². The summed E-state index contributed by atoms with van der Waals surface area (Å²) in [5, 5.41) is 0. The molecule has 0 aromatic heterocycles. The van der Waals surface area contributed by atoms with Gasteiger partial charge in [0.25, 0.3) is 0 Å². The van der Waals surface area contributed by atoms with E-state index in [1.807, 2.05) is 43.3 Å². The van der Waals surface area contributed by atoms with Crippen molar-refractivity contribution in [2.45, 2.75) is 29.2 Å². The smallest absolute Gasteiger partial charge is 0.207 e. The second kappa shape index (κ2) is 5.83. The fourth-order valence-corrected chi connectivity index (χ4v) is 4.81. The Morgan fingerprint density at radius 2 is 1.81 bits per heavy atom. The summed E-state index contributed by atoms with van der Waals surface area (Å²) in [6, 6.07) is 14.8. The first-order valence-electron chi connectivity index (χ1n) is 6.87. The van der Waals surface area contributed by atoms with Crippen molar-refractivity contribution in [3.05, 3.63) is 59.7 Å². The zero-order valence-electron chi connectivity index (χ0n) is 11.7. The van der Waals surface area contributed by atoms with Gasteiger partial charge in [0.1, 0.15) is 0 Å². The number of hydrogen-bond acceptors (Lipinski definition) is 3. The zero-order valence-corrected chi connectivity index (χ0v) is 13.4. The van der Waals surface area contributed by atoms with Gasteiger partial charge >= 0.3 is 0 Å². The molecule has 2 aromatic rings. The van der Waals surface area contributed by atoms with Gasteiger partial charge in [-0.3, -0.25) is 0 Å². The van der Waals surface area contributed by atoms with E-state index in [0.717, 1.165) is 23.3 Å². The molecule has 0 saturated heterocycles. The number of fused-ring (bicyclic) bond motifs is 1. The number of thioether (sulfide) groups is 1. The molecule has 110 valence electrons. The van der Waals surface area contributed by atoms with Crippen molar-refractivity contribution in [3.63, 3.8) is 0 Å². The SMILES string of the molecule is Cc1ccc(S(=O)(=O)NC2CCSc3ccccc32)cc1. The number of nitrogens with one attached hydrogen (secondary N) is 1. The molecule has 0 radical (unpaired) electrons. The molecule has 3 nitrogen and oxygen atoms in total. The third kappa shape index (κ3) is 3.15. The van der Waals surface area contributed by atoms with Gasteiger partial charge in [-0.05, 0) is 42.9 Å². The number of benzene rings is 2. The van der Waals surface area contributed by atoms with Crippen LogP contribution in [0.25, 0.3) is 0 Å². The second-order valence-electron chi connectivity index (χ2n) is 5.16. The van der Waals surface area contributed by atoms with Crippen LogP contribution in [0, 0.1) is 6.92 Å². The third-order valence-electron chi connectivity index (χ3n) is 3.59. The lowest BCUT2D eigenvalue weighted by Gasteiger charge is -2.25. The molecule has 3 rings (SSSR count). The average Bonchev–Trinajstić information content (AvgIpc) is 2.48.